The fourth-order valence-corrected chi connectivity index (χ4v) is 1.56. The number of methoxy groups -OCH3 is 1. The van der Waals surface area contributed by atoms with Crippen LogP contribution in [0.25, 0.3) is 12.2 Å². The summed E-state index contributed by atoms with van der Waals surface area (Å²) in [7, 11) is 1.59. The highest BCUT2D eigenvalue weighted by molar-refractivity contribution is 5.71. The van der Waals surface area contributed by atoms with E-state index in [2.05, 4.69) is 6.07 Å². The Morgan fingerprint density at radius 3 is 2.22 bits per heavy atom. The van der Waals surface area contributed by atoms with E-state index in [-0.39, 0.29) is 11.5 Å². The molecule has 0 heterocycles. The highest BCUT2D eigenvalue weighted by Gasteiger charge is 1.96. The van der Waals surface area contributed by atoms with E-state index in [9.17, 15) is 10.2 Å². The topological polar surface area (TPSA) is 49.7 Å². The molecule has 0 atom stereocenters. The molecule has 0 aromatic heterocycles. The number of phenols is 2. The normalized spacial score (nSPS) is 10.7. The van der Waals surface area contributed by atoms with Crippen molar-refractivity contribution in [2.45, 2.75) is 0 Å². The van der Waals surface area contributed by atoms with E-state index >= 15 is 0 Å². The largest absolute Gasteiger partial charge is 0.508 e. The molecule has 2 N–H and O–H groups in total. The van der Waals surface area contributed by atoms with E-state index in [4.69, 9.17) is 4.74 Å². The first kappa shape index (κ1) is 12.0. The third-order valence-corrected chi connectivity index (χ3v) is 2.42. The lowest BCUT2D eigenvalue weighted by Crippen LogP contribution is -1.81. The van der Waals surface area contributed by atoms with Crippen LogP contribution in [0.3, 0.4) is 0 Å². The van der Waals surface area contributed by atoms with Crippen LogP contribution in [0, 0.1) is 6.07 Å². The van der Waals surface area contributed by atoms with Gasteiger partial charge in [0, 0.05) is 12.1 Å². The Kier molecular flexibility index (Phi) is 3.53. The molecule has 0 fully saturated rings. The number of aromatic hydroxyl groups is 2. The van der Waals surface area contributed by atoms with Gasteiger partial charge in [0.15, 0.2) is 0 Å². The molecule has 1 radical (unpaired) electrons. The molecule has 0 unspecified atom stereocenters. The molecule has 0 saturated carbocycles. The second-order valence-electron chi connectivity index (χ2n) is 3.81. The van der Waals surface area contributed by atoms with Crippen molar-refractivity contribution in [1.29, 1.82) is 0 Å². The van der Waals surface area contributed by atoms with Gasteiger partial charge in [0.25, 0.3) is 0 Å². The van der Waals surface area contributed by atoms with E-state index in [1.807, 2.05) is 18.2 Å². The van der Waals surface area contributed by atoms with E-state index < -0.39 is 0 Å². The highest BCUT2D eigenvalue weighted by Crippen LogP contribution is 2.22. The van der Waals surface area contributed by atoms with Gasteiger partial charge in [0.2, 0.25) is 0 Å². The number of hydrogen-bond donors (Lipinski definition) is 2. The quantitative estimate of drug-likeness (QED) is 0.812. The van der Waals surface area contributed by atoms with Gasteiger partial charge in [-0.3, -0.25) is 0 Å². The summed E-state index contributed by atoms with van der Waals surface area (Å²) in [5.41, 5.74) is 1.68. The summed E-state index contributed by atoms with van der Waals surface area (Å²) in [4.78, 5) is 0. The standard InChI is InChI=1S/C15H13O3/c1-18-15-6-4-11(5-7-15)2-3-12-8-13(16)10-14(17)9-12/h2-6,8-10,16-17H,1H3. The molecule has 0 aliphatic carbocycles. The Morgan fingerprint density at radius 2 is 1.67 bits per heavy atom. The molecule has 3 heteroatoms. The number of hydrogen-bond acceptors (Lipinski definition) is 3. The molecular formula is C15H13O3. The molecule has 2 aromatic rings. The summed E-state index contributed by atoms with van der Waals surface area (Å²) in [5, 5.41) is 18.7. The van der Waals surface area contributed by atoms with Crippen molar-refractivity contribution in [3.63, 3.8) is 0 Å². The van der Waals surface area contributed by atoms with Gasteiger partial charge >= 0.3 is 0 Å². The smallest absolute Gasteiger partial charge is 0.126 e. The summed E-state index contributed by atoms with van der Waals surface area (Å²) in [6.07, 6.45) is 3.67. The first-order valence-corrected chi connectivity index (χ1v) is 5.44. The minimum absolute atomic E-state index is 0.0379. The lowest BCUT2D eigenvalue weighted by Gasteiger charge is -2.00. The second kappa shape index (κ2) is 5.27. The van der Waals surface area contributed by atoms with Gasteiger partial charge in [-0.05, 0) is 35.4 Å². The van der Waals surface area contributed by atoms with Crippen LogP contribution in [0.4, 0.5) is 0 Å². The van der Waals surface area contributed by atoms with Crippen molar-refractivity contribution < 1.29 is 14.9 Å². The molecule has 3 nitrogen and oxygen atoms in total. The van der Waals surface area contributed by atoms with Crippen LogP contribution in [0.1, 0.15) is 11.1 Å². The van der Waals surface area contributed by atoms with Crippen LogP contribution < -0.4 is 4.74 Å². The van der Waals surface area contributed by atoms with Crippen molar-refractivity contribution in [3.8, 4) is 17.2 Å². The third-order valence-electron chi connectivity index (χ3n) is 2.42. The van der Waals surface area contributed by atoms with E-state index in [0.29, 0.717) is 5.75 Å². The van der Waals surface area contributed by atoms with Crippen molar-refractivity contribution in [3.05, 3.63) is 53.6 Å². The van der Waals surface area contributed by atoms with Gasteiger partial charge in [0.05, 0.1) is 7.11 Å². The number of rotatable bonds is 3. The third kappa shape index (κ3) is 3.04. The molecule has 0 amide bonds. The molecule has 0 saturated heterocycles. The first-order chi connectivity index (χ1) is 8.67. The predicted molar refractivity (Wildman–Crippen MR) is 70.5 cm³/mol. The Morgan fingerprint density at radius 1 is 1.00 bits per heavy atom. The number of ether oxygens (including phenoxy) is 1. The minimum Gasteiger partial charge on any atom is -0.508 e. The zero-order valence-corrected chi connectivity index (χ0v) is 9.92. The predicted octanol–water partition coefficient (Wildman–Crippen LogP) is 3.08. The van der Waals surface area contributed by atoms with Gasteiger partial charge in [-0.25, -0.2) is 0 Å². The fourth-order valence-electron chi connectivity index (χ4n) is 1.56. The lowest BCUT2D eigenvalue weighted by molar-refractivity contribution is 0.414. The zero-order chi connectivity index (χ0) is 13.0. The zero-order valence-electron chi connectivity index (χ0n) is 9.92. The van der Waals surface area contributed by atoms with Crippen LogP contribution in [0.2, 0.25) is 0 Å². The minimum atomic E-state index is 0.0379. The highest BCUT2D eigenvalue weighted by atomic mass is 16.5. The van der Waals surface area contributed by atoms with Crippen molar-refractivity contribution in [2.75, 3.05) is 7.11 Å². The van der Waals surface area contributed by atoms with E-state index in [1.54, 1.807) is 31.4 Å². The summed E-state index contributed by atoms with van der Waals surface area (Å²) >= 11 is 0. The molecule has 18 heavy (non-hydrogen) atoms. The van der Waals surface area contributed by atoms with Crippen LogP contribution in [-0.2, 0) is 0 Å². The van der Waals surface area contributed by atoms with E-state index in [1.165, 1.54) is 6.07 Å². The van der Waals surface area contributed by atoms with Crippen LogP contribution in [0.15, 0.2) is 36.4 Å². The van der Waals surface area contributed by atoms with Gasteiger partial charge in [0.1, 0.15) is 17.2 Å². The Bertz CT molecular complexity index is 536. The average molecular weight is 241 g/mol. The number of phenolic OH excluding ortho intramolecular Hbond substituents is 2. The van der Waals surface area contributed by atoms with Crippen molar-refractivity contribution in [2.24, 2.45) is 0 Å². The Hall–Kier alpha value is -2.42. The molecule has 2 aromatic carbocycles. The lowest BCUT2D eigenvalue weighted by atomic mass is 10.1. The van der Waals surface area contributed by atoms with Crippen LogP contribution in [-0.4, -0.2) is 17.3 Å². The molecular weight excluding hydrogens is 228 g/mol. The Labute approximate surface area is 106 Å². The summed E-state index contributed by atoms with van der Waals surface area (Å²) in [5.74, 6) is 0.758. The van der Waals surface area contributed by atoms with Crippen LogP contribution >= 0.6 is 0 Å². The van der Waals surface area contributed by atoms with Crippen molar-refractivity contribution >= 4 is 12.2 Å². The van der Waals surface area contributed by atoms with Gasteiger partial charge < -0.3 is 14.9 Å². The summed E-state index contributed by atoms with van der Waals surface area (Å²) in [6.45, 7) is 0. The maximum Gasteiger partial charge on any atom is 0.126 e. The fraction of sp³-hybridized carbons (Fsp3) is 0.0667. The average Bonchev–Trinajstić information content (AvgIpc) is 2.36. The summed E-state index contributed by atoms with van der Waals surface area (Å²) < 4.78 is 5.02. The van der Waals surface area contributed by atoms with Gasteiger partial charge in [-0.1, -0.05) is 18.2 Å². The molecule has 0 aliphatic rings. The molecule has 91 valence electrons. The van der Waals surface area contributed by atoms with Gasteiger partial charge in [-0.15, -0.1) is 0 Å². The monoisotopic (exact) mass is 241 g/mol. The molecule has 0 spiro atoms. The maximum atomic E-state index is 9.34. The summed E-state index contributed by atoms with van der Waals surface area (Å²) in [6, 6.07) is 12.9. The molecule has 0 aliphatic heterocycles. The van der Waals surface area contributed by atoms with E-state index in [0.717, 1.165) is 11.1 Å². The van der Waals surface area contributed by atoms with Crippen LogP contribution in [0.5, 0.6) is 17.2 Å². The molecule has 2 rings (SSSR count). The first-order valence-electron chi connectivity index (χ1n) is 5.44. The Balaban J connectivity index is 2.18. The molecule has 0 bridgehead atoms. The second-order valence-corrected chi connectivity index (χ2v) is 3.81. The number of benzene rings is 2. The van der Waals surface area contributed by atoms with Crippen molar-refractivity contribution in [1.82, 2.24) is 0 Å². The maximum absolute atomic E-state index is 9.34. The van der Waals surface area contributed by atoms with Gasteiger partial charge in [-0.2, -0.15) is 0 Å². The SMILES string of the molecule is COc1[c]cc(C=Cc2cc(O)cc(O)c2)cc1.